The number of aryl methyl sites for hydroxylation is 2. The predicted octanol–water partition coefficient (Wildman–Crippen LogP) is 3.32. The topological polar surface area (TPSA) is 59.1 Å². The summed E-state index contributed by atoms with van der Waals surface area (Å²) in [7, 11) is -3.55. The molecule has 0 aromatic carbocycles. The van der Waals surface area contributed by atoms with Gasteiger partial charge in [0.25, 0.3) is 10.0 Å². The van der Waals surface area contributed by atoms with Crippen LogP contribution in [0.2, 0.25) is 0 Å². The molecule has 7 heteroatoms. The zero-order valence-corrected chi connectivity index (χ0v) is 13.0. The molecule has 0 radical (unpaired) electrons. The molecule has 0 aliphatic rings. The van der Waals surface area contributed by atoms with Gasteiger partial charge in [-0.25, -0.2) is 13.4 Å². The second kappa shape index (κ2) is 4.99. The Hall–Kier alpha value is -0.920. The van der Waals surface area contributed by atoms with Gasteiger partial charge in [0, 0.05) is 6.20 Å². The summed E-state index contributed by atoms with van der Waals surface area (Å²) in [5, 5.41) is 0. The molecule has 0 spiro atoms. The zero-order valence-electron chi connectivity index (χ0n) is 9.77. The van der Waals surface area contributed by atoms with E-state index in [1.807, 2.05) is 13.8 Å². The summed E-state index contributed by atoms with van der Waals surface area (Å²) in [5.41, 5.74) is 1.88. The lowest BCUT2D eigenvalue weighted by molar-refractivity contribution is 0.603. The van der Waals surface area contributed by atoms with Gasteiger partial charge < -0.3 is 0 Å². The van der Waals surface area contributed by atoms with Gasteiger partial charge in [-0.15, -0.1) is 11.3 Å². The summed E-state index contributed by atoms with van der Waals surface area (Å²) in [6.07, 6.45) is 1.62. The van der Waals surface area contributed by atoms with Crippen LogP contribution in [0, 0.1) is 13.8 Å². The lowest BCUT2D eigenvalue weighted by Crippen LogP contribution is -2.12. The fourth-order valence-corrected chi connectivity index (χ4v) is 4.51. The van der Waals surface area contributed by atoms with Crippen molar-refractivity contribution in [3.63, 3.8) is 0 Å². The Morgan fingerprint density at radius 1 is 1.33 bits per heavy atom. The Balaban J connectivity index is 2.29. The maximum atomic E-state index is 12.1. The summed E-state index contributed by atoms with van der Waals surface area (Å²) in [5.74, 6) is 0.322. The molecule has 0 saturated heterocycles. The van der Waals surface area contributed by atoms with Crippen LogP contribution in [0.1, 0.15) is 11.1 Å². The number of nitrogens with zero attached hydrogens (tertiary/aromatic N) is 1. The molecule has 0 bridgehead atoms. The molecule has 2 aromatic heterocycles. The molecule has 0 unspecified atom stereocenters. The van der Waals surface area contributed by atoms with Gasteiger partial charge in [-0.05, 0) is 53.0 Å². The summed E-state index contributed by atoms with van der Waals surface area (Å²) in [6.45, 7) is 3.74. The molecule has 1 N–H and O–H groups in total. The summed E-state index contributed by atoms with van der Waals surface area (Å²) < 4.78 is 27.7. The number of aromatic nitrogens is 1. The van der Waals surface area contributed by atoms with E-state index in [2.05, 4.69) is 25.6 Å². The van der Waals surface area contributed by atoms with Gasteiger partial charge >= 0.3 is 0 Å². The minimum absolute atomic E-state index is 0.272. The van der Waals surface area contributed by atoms with Gasteiger partial charge in [0.1, 0.15) is 10.0 Å². The average Bonchev–Trinajstić information content (AvgIpc) is 2.63. The second-order valence-corrected chi connectivity index (χ2v) is 8.13. The molecule has 0 atom stereocenters. The lowest BCUT2D eigenvalue weighted by Gasteiger charge is -2.04. The molecule has 0 aliphatic carbocycles. The first kappa shape index (κ1) is 13.5. The van der Waals surface area contributed by atoms with Crippen molar-refractivity contribution in [3.8, 4) is 0 Å². The number of halogens is 1. The van der Waals surface area contributed by atoms with Crippen molar-refractivity contribution in [2.45, 2.75) is 18.1 Å². The van der Waals surface area contributed by atoms with Crippen molar-refractivity contribution in [2.24, 2.45) is 0 Å². The van der Waals surface area contributed by atoms with Gasteiger partial charge in [0.05, 0.1) is 3.79 Å². The first-order valence-electron chi connectivity index (χ1n) is 5.10. The molecule has 2 aromatic rings. The maximum absolute atomic E-state index is 12.1. The molecule has 0 amide bonds. The van der Waals surface area contributed by atoms with Gasteiger partial charge in [-0.2, -0.15) is 0 Å². The highest BCUT2D eigenvalue weighted by atomic mass is 79.9. The third-order valence-electron chi connectivity index (χ3n) is 2.25. The smallest absolute Gasteiger partial charge is 0.263 e. The summed E-state index contributed by atoms with van der Waals surface area (Å²) in [4.78, 5) is 4.02. The van der Waals surface area contributed by atoms with Crippen LogP contribution in [-0.2, 0) is 10.0 Å². The minimum atomic E-state index is -3.55. The number of sulfonamides is 1. The molecule has 2 heterocycles. The van der Waals surface area contributed by atoms with E-state index in [4.69, 9.17) is 0 Å². The average molecular weight is 347 g/mol. The summed E-state index contributed by atoms with van der Waals surface area (Å²) in [6, 6.07) is 5.08. The Morgan fingerprint density at radius 3 is 2.56 bits per heavy atom. The molecule has 2 rings (SSSR count). The van der Waals surface area contributed by atoms with Crippen LogP contribution in [0.3, 0.4) is 0 Å². The highest BCUT2D eigenvalue weighted by Crippen LogP contribution is 2.31. The van der Waals surface area contributed by atoms with E-state index in [0.717, 1.165) is 14.9 Å². The maximum Gasteiger partial charge on any atom is 0.272 e. The minimum Gasteiger partial charge on any atom is -0.263 e. The number of nitrogens with one attached hydrogen (secondary N) is 1. The number of anilines is 1. The molecule has 18 heavy (non-hydrogen) atoms. The van der Waals surface area contributed by atoms with Crippen LogP contribution in [0.15, 0.2) is 32.4 Å². The van der Waals surface area contributed by atoms with E-state index in [9.17, 15) is 8.42 Å². The number of thiophene rings is 1. The van der Waals surface area contributed by atoms with E-state index in [1.54, 1.807) is 24.4 Å². The first-order valence-corrected chi connectivity index (χ1v) is 8.19. The number of hydrogen-bond donors (Lipinski definition) is 1. The predicted molar refractivity (Wildman–Crippen MR) is 76.5 cm³/mol. The molecule has 4 nitrogen and oxygen atoms in total. The summed E-state index contributed by atoms with van der Waals surface area (Å²) >= 11 is 4.50. The second-order valence-electron chi connectivity index (χ2n) is 3.85. The Labute approximate surface area is 118 Å². The van der Waals surface area contributed by atoms with Gasteiger partial charge in [-0.1, -0.05) is 6.07 Å². The molecule has 0 saturated carbocycles. The molecular weight excluding hydrogens is 336 g/mol. The Bertz CT molecular complexity index is 643. The first-order chi connectivity index (χ1) is 8.38. The highest BCUT2D eigenvalue weighted by molar-refractivity contribution is 9.11. The SMILES string of the molecule is Cc1ccc(NS(=O)(=O)c2cc(C)c(Br)s2)nc1. The van der Waals surface area contributed by atoms with Crippen LogP contribution >= 0.6 is 27.3 Å². The van der Waals surface area contributed by atoms with Crippen LogP contribution < -0.4 is 4.72 Å². The molecule has 96 valence electrons. The van der Waals surface area contributed by atoms with Crippen molar-refractivity contribution in [1.29, 1.82) is 0 Å². The highest BCUT2D eigenvalue weighted by Gasteiger charge is 2.18. The van der Waals surface area contributed by atoms with E-state index < -0.39 is 10.0 Å². The van der Waals surface area contributed by atoms with Crippen LogP contribution in [0.5, 0.6) is 0 Å². The van der Waals surface area contributed by atoms with E-state index in [0.29, 0.717) is 5.82 Å². The van der Waals surface area contributed by atoms with Crippen molar-refractivity contribution in [3.05, 3.63) is 39.3 Å². The van der Waals surface area contributed by atoms with Gasteiger partial charge in [-0.3, -0.25) is 4.72 Å². The normalized spacial score (nSPS) is 11.5. The van der Waals surface area contributed by atoms with Crippen LogP contribution in [-0.4, -0.2) is 13.4 Å². The monoisotopic (exact) mass is 346 g/mol. The van der Waals surface area contributed by atoms with E-state index in [1.165, 1.54) is 11.3 Å². The third-order valence-corrected chi connectivity index (χ3v) is 6.21. The lowest BCUT2D eigenvalue weighted by atomic mass is 10.3. The van der Waals surface area contributed by atoms with Crippen LogP contribution in [0.25, 0.3) is 0 Å². The van der Waals surface area contributed by atoms with Gasteiger partial charge in [0.15, 0.2) is 0 Å². The fourth-order valence-electron chi connectivity index (χ4n) is 1.28. The van der Waals surface area contributed by atoms with Crippen molar-refractivity contribution < 1.29 is 8.42 Å². The third kappa shape index (κ3) is 2.90. The van der Waals surface area contributed by atoms with Crippen molar-refractivity contribution >= 4 is 43.1 Å². The zero-order chi connectivity index (χ0) is 13.3. The number of pyridine rings is 1. The van der Waals surface area contributed by atoms with E-state index in [-0.39, 0.29) is 4.21 Å². The van der Waals surface area contributed by atoms with Crippen LogP contribution in [0.4, 0.5) is 5.82 Å². The Kier molecular flexibility index (Phi) is 3.74. The number of hydrogen-bond acceptors (Lipinski definition) is 4. The quantitative estimate of drug-likeness (QED) is 0.927. The largest absolute Gasteiger partial charge is 0.272 e. The molecular formula is C11H11BrN2O2S2. The van der Waals surface area contributed by atoms with Gasteiger partial charge in [0.2, 0.25) is 0 Å². The fraction of sp³-hybridized carbons (Fsp3) is 0.182. The number of rotatable bonds is 3. The molecule has 0 aliphatic heterocycles. The van der Waals surface area contributed by atoms with E-state index >= 15 is 0 Å². The molecule has 0 fully saturated rings. The van der Waals surface area contributed by atoms with Crippen molar-refractivity contribution in [2.75, 3.05) is 4.72 Å². The van der Waals surface area contributed by atoms with Crippen molar-refractivity contribution in [1.82, 2.24) is 4.98 Å². The Morgan fingerprint density at radius 2 is 2.06 bits per heavy atom. The standard InChI is InChI=1S/C11H11BrN2O2S2/c1-7-3-4-9(13-6-7)14-18(15,16)10-5-8(2)11(12)17-10/h3-6H,1-2H3,(H,13,14).